The first-order valence-corrected chi connectivity index (χ1v) is 4.02. The molecular formula is C7H12N2O4. The van der Waals surface area contributed by atoms with Gasteiger partial charge in [-0.25, -0.2) is 0 Å². The molecule has 13 heavy (non-hydrogen) atoms. The van der Waals surface area contributed by atoms with Crippen molar-refractivity contribution < 1.29 is 19.0 Å². The van der Waals surface area contributed by atoms with Crippen molar-refractivity contribution in [2.75, 3.05) is 19.8 Å². The lowest BCUT2D eigenvalue weighted by Crippen LogP contribution is -2.26. The molecule has 0 saturated heterocycles. The maximum absolute atomic E-state index is 10.8. The van der Waals surface area contributed by atoms with Crippen LogP contribution in [0.25, 0.3) is 0 Å². The van der Waals surface area contributed by atoms with Gasteiger partial charge in [0.2, 0.25) is 0 Å². The van der Waals surface area contributed by atoms with Gasteiger partial charge in [0.15, 0.2) is 0 Å². The van der Waals surface area contributed by atoms with Gasteiger partial charge in [-0.1, -0.05) is 0 Å². The van der Waals surface area contributed by atoms with Crippen molar-refractivity contribution in [1.82, 2.24) is 5.16 Å². The van der Waals surface area contributed by atoms with E-state index < -0.39 is 0 Å². The molecule has 1 aromatic heterocycles. The Balaban J connectivity index is 2.36. The number of ether oxygens (including phenoxy) is 2. The highest BCUT2D eigenvalue weighted by Gasteiger charge is 2.15. The van der Waals surface area contributed by atoms with Gasteiger partial charge in [0, 0.05) is 18.7 Å². The molecule has 0 atom stereocenters. The first-order valence-electron chi connectivity index (χ1n) is 4.02. The molecule has 0 fully saturated rings. The summed E-state index contributed by atoms with van der Waals surface area (Å²) in [7, 11) is 0. The predicted octanol–water partition coefficient (Wildman–Crippen LogP) is 0.0317. The molecule has 0 N–H and O–H groups in total. The van der Waals surface area contributed by atoms with Crippen LogP contribution >= 0.6 is 0 Å². The second-order valence-corrected chi connectivity index (χ2v) is 2.37. The Morgan fingerprint density at radius 3 is 2.85 bits per heavy atom. The molecule has 0 aliphatic rings. The molecule has 0 bridgehead atoms. The first kappa shape index (κ1) is 9.79. The average molecular weight is 188 g/mol. The second kappa shape index (κ2) is 4.66. The van der Waals surface area contributed by atoms with Crippen LogP contribution in [0, 0.1) is 12.1 Å². The predicted molar refractivity (Wildman–Crippen MR) is 42.2 cm³/mol. The maximum atomic E-state index is 10.8. The first-order chi connectivity index (χ1) is 6.25. The minimum Gasteiger partial charge on any atom is -0.454 e. The molecule has 0 unspecified atom stereocenters. The topological polar surface area (TPSA) is 71.4 Å². The Hall–Kier alpha value is -1.30. The minimum atomic E-state index is 0.0969. The molecule has 0 amide bonds. The monoisotopic (exact) mass is 188 g/mol. The van der Waals surface area contributed by atoms with Crippen LogP contribution in [0.3, 0.4) is 0 Å². The van der Waals surface area contributed by atoms with Crippen molar-refractivity contribution >= 4 is 0 Å². The Bertz CT molecular complexity index is 241. The zero-order chi connectivity index (χ0) is 9.68. The third-order valence-corrected chi connectivity index (χ3v) is 1.40. The number of hydrogen-bond donors (Lipinski definition) is 0. The van der Waals surface area contributed by atoms with E-state index >= 15 is 0 Å². The van der Waals surface area contributed by atoms with Crippen LogP contribution < -0.4 is 9.64 Å². The molecule has 1 rings (SSSR count). The van der Waals surface area contributed by atoms with E-state index in [0.717, 1.165) is 0 Å². The fourth-order valence-corrected chi connectivity index (χ4v) is 0.805. The highest BCUT2D eigenvalue weighted by atomic mass is 16.8. The third kappa shape index (κ3) is 2.59. The van der Waals surface area contributed by atoms with Gasteiger partial charge in [0.25, 0.3) is 5.69 Å². The van der Waals surface area contributed by atoms with Crippen molar-refractivity contribution in [2.24, 2.45) is 0 Å². The highest BCUT2D eigenvalue weighted by molar-refractivity contribution is 5.06. The van der Waals surface area contributed by atoms with Crippen molar-refractivity contribution in [1.29, 1.82) is 0 Å². The average Bonchev–Trinajstić information content (AvgIpc) is 2.42. The van der Waals surface area contributed by atoms with Gasteiger partial charge >= 0.3 is 5.88 Å². The third-order valence-electron chi connectivity index (χ3n) is 1.40. The number of aryl methyl sites for hydroxylation is 1. The van der Waals surface area contributed by atoms with Crippen molar-refractivity contribution in [3.63, 3.8) is 0 Å². The lowest BCUT2D eigenvalue weighted by atomic mass is 10.5. The van der Waals surface area contributed by atoms with Gasteiger partial charge in [-0.2, -0.15) is 0 Å². The molecule has 6 heteroatoms. The van der Waals surface area contributed by atoms with E-state index in [1.54, 1.807) is 6.92 Å². The fraction of sp³-hybridized carbons (Fsp3) is 0.714. The van der Waals surface area contributed by atoms with Crippen LogP contribution in [0.15, 0.2) is 4.63 Å². The second-order valence-electron chi connectivity index (χ2n) is 2.37. The zero-order valence-corrected chi connectivity index (χ0v) is 7.65. The molecule has 0 aromatic carbocycles. The zero-order valence-electron chi connectivity index (χ0n) is 7.65. The van der Waals surface area contributed by atoms with Gasteiger partial charge in [-0.15, -0.1) is 0 Å². The molecular weight excluding hydrogens is 176 g/mol. The van der Waals surface area contributed by atoms with Gasteiger partial charge in [-0.3, -0.25) is 4.63 Å². The molecule has 0 aliphatic heterocycles. The van der Waals surface area contributed by atoms with Crippen LogP contribution in [0.4, 0.5) is 0 Å². The Morgan fingerprint density at radius 2 is 2.31 bits per heavy atom. The van der Waals surface area contributed by atoms with Gasteiger partial charge in [0.1, 0.15) is 6.61 Å². The van der Waals surface area contributed by atoms with E-state index in [0.29, 0.717) is 25.5 Å². The van der Waals surface area contributed by atoms with Gasteiger partial charge in [-0.05, 0) is 11.8 Å². The summed E-state index contributed by atoms with van der Waals surface area (Å²) < 4.78 is 14.4. The molecule has 6 nitrogen and oxygen atoms in total. The number of rotatable bonds is 5. The van der Waals surface area contributed by atoms with E-state index in [1.807, 2.05) is 6.92 Å². The fourth-order valence-electron chi connectivity index (χ4n) is 0.805. The maximum Gasteiger partial charge on any atom is 0.375 e. The van der Waals surface area contributed by atoms with Crippen molar-refractivity contribution in [3.8, 4) is 5.88 Å². The van der Waals surface area contributed by atoms with Crippen LogP contribution in [0.2, 0.25) is 0 Å². The van der Waals surface area contributed by atoms with Crippen LogP contribution in [-0.2, 0) is 4.74 Å². The number of aromatic nitrogens is 2. The SMILES string of the molecule is CCOCCOc1c(C)no[n+]1[O-]. The standard InChI is InChI=1S/C7H12N2O4/c1-3-11-4-5-12-7-6(2)8-13-9(7)10/h3-5H2,1-2H3. The van der Waals surface area contributed by atoms with E-state index in [4.69, 9.17) is 9.47 Å². The summed E-state index contributed by atoms with van der Waals surface area (Å²) in [6, 6.07) is 0. The molecule has 0 saturated carbocycles. The van der Waals surface area contributed by atoms with E-state index in [2.05, 4.69) is 9.79 Å². The van der Waals surface area contributed by atoms with E-state index in [9.17, 15) is 5.21 Å². The summed E-state index contributed by atoms with van der Waals surface area (Å²) in [5.41, 5.74) is 0.437. The molecule has 0 spiro atoms. The van der Waals surface area contributed by atoms with E-state index in [-0.39, 0.29) is 10.8 Å². The quantitative estimate of drug-likeness (QED) is 0.481. The molecule has 0 aliphatic carbocycles. The summed E-state index contributed by atoms with van der Waals surface area (Å²) in [4.78, 5) is 0.237. The van der Waals surface area contributed by atoms with Crippen molar-refractivity contribution in [2.45, 2.75) is 13.8 Å². The van der Waals surface area contributed by atoms with Crippen LogP contribution in [0.5, 0.6) is 5.88 Å². The van der Waals surface area contributed by atoms with Crippen LogP contribution in [0.1, 0.15) is 12.6 Å². The summed E-state index contributed by atoms with van der Waals surface area (Å²) in [6.07, 6.45) is 0. The molecule has 1 heterocycles. The Morgan fingerprint density at radius 1 is 1.54 bits per heavy atom. The normalized spacial score (nSPS) is 10.3. The van der Waals surface area contributed by atoms with E-state index in [1.165, 1.54) is 0 Å². The van der Waals surface area contributed by atoms with Gasteiger partial charge in [0.05, 0.1) is 6.61 Å². The summed E-state index contributed by atoms with van der Waals surface area (Å²) >= 11 is 0. The molecule has 0 radical (unpaired) electrons. The summed E-state index contributed by atoms with van der Waals surface area (Å²) in [6.45, 7) is 4.91. The summed E-state index contributed by atoms with van der Waals surface area (Å²) in [5.74, 6) is 0.0969. The minimum absolute atomic E-state index is 0.0969. The number of nitrogens with zero attached hydrogens (tertiary/aromatic N) is 2. The smallest absolute Gasteiger partial charge is 0.375 e. The van der Waals surface area contributed by atoms with Crippen LogP contribution in [-0.4, -0.2) is 25.0 Å². The number of hydrogen-bond acceptors (Lipinski definition) is 5. The summed E-state index contributed by atoms with van der Waals surface area (Å²) in [5, 5.41) is 14.3. The Labute approximate surface area is 75.6 Å². The largest absolute Gasteiger partial charge is 0.454 e. The van der Waals surface area contributed by atoms with Gasteiger partial charge < -0.3 is 14.7 Å². The molecule has 74 valence electrons. The Kier molecular flexibility index (Phi) is 3.51. The highest BCUT2D eigenvalue weighted by Crippen LogP contribution is 2.07. The van der Waals surface area contributed by atoms with Crippen molar-refractivity contribution in [3.05, 3.63) is 10.9 Å². The molecule has 1 aromatic rings. The lowest BCUT2D eigenvalue weighted by molar-refractivity contribution is -0.805. The lowest BCUT2D eigenvalue weighted by Gasteiger charge is -2.01.